The predicted octanol–water partition coefficient (Wildman–Crippen LogP) is 2.62. The van der Waals surface area contributed by atoms with E-state index < -0.39 is 0 Å². The van der Waals surface area contributed by atoms with Crippen LogP contribution in [0.4, 0.5) is 10.5 Å². The lowest BCUT2D eigenvalue weighted by atomic mass is 10.1. The Balaban J connectivity index is 1.30. The zero-order valence-corrected chi connectivity index (χ0v) is 16.2. The van der Waals surface area contributed by atoms with Gasteiger partial charge in [-0.15, -0.1) is 0 Å². The molecule has 0 aromatic heterocycles. The number of benzene rings is 2. The third kappa shape index (κ3) is 4.37. The van der Waals surface area contributed by atoms with Crippen LogP contribution in [-0.2, 0) is 0 Å². The van der Waals surface area contributed by atoms with Crippen LogP contribution in [0.15, 0.2) is 48.5 Å². The van der Waals surface area contributed by atoms with Crippen molar-refractivity contribution in [2.45, 2.75) is 12.5 Å². The summed E-state index contributed by atoms with van der Waals surface area (Å²) in [7, 11) is 0. The van der Waals surface area contributed by atoms with Gasteiger partial charge in [-0.25, -0.2) is 4.79 Å². The molecule has 0 spiro atoms. The van der Waals surface area contributed by atoms with Crippen LogP contribution in [0.3, 0.4) is 0 Å². The van der Waals surface area contributed by atoms with Crippen LogP contribution in [-0.4, -0.2) is 56.4 Å². The molecule has 0 aliphatic carbocycles. The van der Waals surface area contributed by atoms with Gasteiger partial charge in [-0.2, -0.15) is 5.26 Å². The Morgan fingerprint density at radius 3 is 2.72 bits per heavy atom. The van der Waals surface area contributed by atoms with Crippen LogP contribution in [0.1, 0.15) is 12.0 Å². The summed E-state index contributed by atoms with van der Waals surface area (Å²) in [5, 5.41) is 12.3. The molecule has 2 aliphatic rings. The molecule has 1 unspecified atom stereocenters. The first-order chi connectivity index (χ1) is 14.2. The van der Waals surface area contributed by atoms with Gasteiger partial charge in [-0.05, 0) is 30.7 Å². The Hall–Kier alpha value is -3.40. The van der Waals surface area contributed by atoms with Gasteiger partial charge < -0.3 is 24.6 Å². The zero-order chi connectivity index (χ0) is 20.1. The number of hydrogen-bond donors (Lipinski definition) is 1. The van der Waals surface area contributed by atoms with Crippen LogP contribution in [0.5, 0.6) is 11.5 Å². The zero-order valence-electron chi connectivity index (χ0n) is 16.2. The van der Waals surface area contributed by atoms with E-state index in [9.17, 15) is 10.1 Å². The van der Waals surface area contributed by atoms with Gasteiger partial charge >= 0.3 is 6.03 Å². The number of para-hydroxylation sites is 3. The molecule has 0 saturated carbocycles. The van der Waals surface area contributed by atoms with Gasteiger partial charge in [0.25, 0.3) is 0 Å². The van der Waals surface area contributed by atoms with Gasteiger partial charge in [0, 0.05) is 26.2 Å². The Bertz CT molecular complexity index is 911. The molecule has 2 aromatic carbocycles. The van der Waals surface area contributed by atoms with Gasteiger partial charge in [-0.1, -0.05) is 24.3 Å². The second-order valence-corrected chi connectivity index (χ2v) is 7.14. The number of fused-ring (bicyclic) bond motifs is 1. The number of nitrogens with zero attached hydrogens (tertiary/aromatic N) is 3. The minimum atomic E-state index is -0.208. The molecule has 7 heteroatoms. The van der Waals surface area contributed by atoms with E-state index in [1.54, 1.807) is 0 Å². The maximum Gasteiger partial charge on any atom is 0.317 e. The maximum atomic E-state index is 12.7. The second-order valence-electron chi connectivity index (χ2n) is 7.14. The predicted molar refractivity (Wildman–Crippen MR) is 109 cm³/mol. The molecule has 2 heterocycles. The van der Waals surface area contributed by atoms with Crippen LogP contribution >= 0.6 is 0 Å². The summed E-state index contributed by atoms with van der Waals surface area (Å²) < 4.78 is 11.6. The van der Waals surface area contributed by atoms with E-state index in [1.807, 2.05) is 53.4 Å². The fraction of sp³-hybridized carbons (Fsp3) is 0.364. The van der Waals surface area contributed by atoms with E-state index in [1.165, 1.54) is 0 Å². The minimum Gasteiger partial charge on any atom is -0.486 e. The number of nitriles is 1. The molecule has 1 saturated heterocycles. The fourth-order valence-electron chi connectivity index (χ4n) is 3.68. The van der Waals surface area contributed by atoms with Crippen molar-refractivity contribution in [2.75, 3.05) is 44.2 Å². The lowest BCUT2D eigenvalue weighted by molar-refractivity contribution is 0.0902. The fourth-order valence-corrected chi connectivity index (χ4v) is 3.68. The van der Waals surface area contributed by atoms with Crippen LogP contribution in [0.25, 0.3) is 0 Å². The summed E-state index contributed by atoms with van der Waals surface area (Å²) in [6.07, 6.45) is 0.642. The van der Waals surface area contributed by atoms with Crippen LogP contribution < -0.4 is 19.7 Å². The van der Waals surface area contributed by atoms with Crippen molar-refractivity contribution in [3.05, 3.63) is 54.1 Å². The van der Waals surface area contributed by atoms with Crippen molar-refractivity contribution < 1.29 is 14.3 Å². The lowest BCUT2D eigenvalue weighted by Crippen LogP contribution is -2.47. The van der Waals surface area contributed by atoms with Gasteiger partial charge in [-0.3, -0.25) is 0 Å². The maximum absolute atomic E-state index is 12.7. The normalized spacial score (nSPS) is 18.5. The Morgan fingerprint density at radius 2 is 1.86 bits per heavy atom. The largest absolute Gasteiger partial charge is 0.486 e. The number of ether oxygens (including phenoxy) is 2. The number of nitrogens with one attached hydrogen (secondary N) is 1. The summed E-state index contributed by atoms with van der Waals surface area (Å²) >= 11 is 0. The summed E-state index contributed by atoms with van der Waals surface area (Å²) in [5.74, 6) is 1.44. The highest BCUT2D eigenvalue weighted by molar-refractivity contribution is 5.74. The van der Waals surface area contributed by atoms with E-state index in [0.29, 0.717) is 44.1 Å². The molecular weight excluding hydrogens is 368 g/mol. The van der Waals surface area contributed by atoms with Gasteiger partial charge in [0.15, 0.2) is 17.6 Å². The number of rotatable bonds is 3. The average Bonchev–Trinajstić information content (AvgIpc) is 3.03. The smallest absolute Gasteiger partial charge is 0.317 e. The Labute approximate surface area is 170 Å². The summed E-state index contributed by atoms with van der Waals surface area (Å²) in [5.41, 5.74) is 1.60. The lowest BCUT2D eigenvalue weighted by Gasteiger charge is -2.28. The molecule has 1 N–H and O–H groups in total. The molecule has 7 nitrogen and oxygen atoms in total. The third-order valence-electron chi connectivity index (χ3n) is 5.20. The molecule has 150 valence electrons. The van der Waals surface area contributed by atoms with Crippen molar-refractivity contribution in [1.82, 2.24) is 10.2 Å². The van der Waals surface area contributed by atoms with Crippen molar-refractivity contribution in [3.8, 4) is 17.6 Å². The Morgan fingerprint density at radius 1 is 1.07 bits per heavy atom. The first kappa shape index (κ1) is 18.9. The summed E-state index contributed by atoms with van der Waals surface area (Å²) in [4.78, 5) is 16.7. The molecular formula is C22H24N4O3. The Kier molecular flexibility index (Phi) is 5.71. The van der Waals surface area contributed by atoms with E-state index in [0.717, 1.165) is 24.4 Å². The van der Waals surface area contributed by atoms with Crippen molar-refractivity contribution in [2.24, 2.45) is 0 Å². The molecule has 0 radical (unpaired) electrons. The molecule has 2 aromatic rings. The number of urea groups is 1. The standard InChI is InChI=1S/C22H24N4O3/c23-14-17-6-1-2-7-19(17)25-10-5-11-26(13-12-25)22(27)24-15-18-16-28-20-8-3-4-9-21(20)29-18/h1-4,6-9,18H,5,10-13,15-16H2,(H,24,27). The molecule has 4 rings (SSSR count). The van der Waals surface area contributed by atoms with Gasteiger partial charge in [0.1, 0.15) is 12.7 Å². The molecule has 1 atom stereocenters. The van der Waals surface area contributed by atoms with E-state index in [4.69, 9.17) is 9.47 Å². The first-order valence-corrected chi connectivity index (χ1v) is 9.90. The van der Waals surface area contributed by atoms with Gasteiger partial charge in [0.2, 0.25) is 0 Å². The topological polar surface area (TPSA) is 77.8 Å². The molecule has 1 fully saturated rings. The third-order valence-corrected chi connectivity index (χ3v) is 5.20. The molecule has 0 bridgehead atoms. The van der Waals surface area contributed by atoms with Crippen molar-refractivity contribution >= 4 is 11.7 Å². The highest BCUT2D eigenvalue weighted by atomic mass is 16.6. The minimum absolute atomic E-state index is 0.0946. The summed E-state index contributed by atoms with van der Waals surface area (Å²) in [6.45, 7) is 3.61. The number of carbonyl (C=O) groups is 1. The number of hydrogen-bond acceptors (Lipinski definition) is 5. The highest BCUT2D eigenvalue weighted by Crippen LogP contribution is 2.30. The highest BCUT2D eigenvalue weighted by Gasteiger charge is 2.24. The SMILES string of the molecule is N#Cc1ccccc1N1CCCN(C(=O)NCC2COc3ccccc3O2)CC1. The second kappa shape index (κ2) is 8.74. The number of anilines is 1. The van der Waals surface area contributed by atoms with E-state index in [-0.39, 0.29) is 12.1 Å². The van der Waals surface area contributed by atoms with Crippen molar-refractivity contribution in [3.63, 3.8) is 0 Å². The van der Waals surface area contributed by atoms with Crippen LogP contribution in [0.2, 0.25) is 0 Å². The molecule has 2 amide bonds. The number of carbonyl (C=O) groups excluding carboxylic acids is 1. The number of amides is 2. The monoisotopic (exact) mass is 392 g/mol. The van der Waals surface area contributed by atoms with Gasteiger partial charge in [0.05, 0.1) is 17.8 Å². The molecule has 2 aliphatic heterocycles. The quantitative estimate of drug-likeness (QED) is 0.869. The first-order valence-electron chi connectivity index (χ1n) is 9.90. The van der Waals surface area contributed by atoms with Crippen molar-refractivity contribution in [1.29, 1.82) is 5.26 Å². The summed E-state index contributed by atoms with van der Waals surface area (Å²) in [6, 6.07) is 17.3. The average molecular weight is 392 g/mol. The van der Waals surface area contributed by atoms with E-state index >= 15 is 0 Å². The van der Waals surface area contributed by atoms with Crippen LogP contribution in [0, 0.1) is 11.3 Å². The van der Waals surface area contributed by atoms with E-state index in [2.05, 4.69) is 16.3 Å². The molecule has 29 heavy (non-hydrogen) atoms.